The van der Waals surface area contributed by atoms with Gasteiger partial charge >= 0.3 is 0 Å². The highest BCUT2D eigenvalue weighted by molar-refractivity contribution is 7.75. The second-order valence-corrected chi connectivity index (χ2v) is 11.5. The van der Waals surface area contributed by atoms with Crippen LogP contribution < -0.4 is 9.34 Å². The van der Waals surface area contributed by atoms with Crippen LogP contribution in [0.4, 0.5) is 11.4 Å². The number of likely N-dealkylation sites (tertiary alicyclic amines) is 1. The summed E-state index contributed by atoms with van der Waals surface area (Å²) in [6.07, 6.45) is 5.12. The molecule has 3 aliphatic rings. The molecule has 2 aromatic rings. The van der Waals surface area contributed by atoms with E-state index in [0.717, 1.165) is 43.5 Å². The van der Waals surface area contributed by atoms with E-state index in [1.165, 1.54) is 4.90 Å². The molecule has 2 amide bonds. The normalized spacial score (nSPS) is 24.3. The van der Waals surface area contributed by atoms with E-state index in [-0.39, 0.29) is 24.3 Å². The molecular weight excluding hydrogens is 409 g/mol. The van der Waals surface area contributed by atoms with Gasteiger partial charge in [0.05, 0.1) is 0 Å². The molecule has 0 spiro atoms. The van der Waals surface area contributed by atoms with Gasteiger partial charge in [-0.2, -0.15) is 0 Å². The number of hydrogen-bond acceptors (Lipinski definition) is 5. The van der Waals surface area contributed by atoms with Crippen LogP contribution in [0.1, 0.15) is 38.5 Å². The van der Waals surface area contributed by atoms with Gasteiger partial charge in [0.2, 0.25) is 11.8 Å². The topological polar surface area (TPSA) is 64.1 Å². The molecule has 1 saturated carbocycles. The highest BCUT2D eigenvalue weighted by atomic mass is 31.2. The van der Waals surface area contributed by atoms with Crippen molar-refractivity contribution in [3.63, 3.8) is 0 Å². The molecule has 1 aliphatic carbocycles. The standard InChI is InChI=1S/C24H29N3O3P/c28-23-18-22(24(29)27(23)21-14-8-3-9-15-21)31(30)25(19-10-4-1-5-11-19)16-17-26(31)20-12-6-2-7-13-20/h1-2,4-7,10-13,21-22,30H,3,8-9,14-18H2. The number of para-hydroxylation sites is 2. The Bertz CT molecular complexity index is 902. The third-order valence-electron chi connectivity index (χ3n) is 6.86. The summed E-state index contributed by atoms with van der Waals surface area (Å²) in [6, 6.07) is 19.5. The van der Waals surface area contributed by atoms with Gasteiger partial charge < -0.3 is 14.2 Å². The van der Waals surface area contributed by atoms with Crippen molar-refractivity contribution in [3.05, 3.63) is 60.7 Å². The minimum Gasteiger partial charge on any atom is -0.345 e. The molecule has 2 aromatic carbocycles. The lowest BCUT2D eigenvalue weighted by molar-refractivity contribution is -0.141. The van der Waals surface area contributed by atoms with Crippen molar-refractivity contribution in [2.75, 3.05) is 22.4 Å². The van der Waals surface area contributed by atoms with E-state index in [2.05, 4.69) is 0 Å². The van der Waals surface area contributed by atoms with Crippen molar-refractivity contribution in [2.45, 2.75) is 50.2 Å². The molecule has 7 heteroatoms. The fourth-order valence-electron chi connectivity index (χ4n) is 5.38. The Kier molecular flexibility index (Phi) is 5.45. The van der Waals surface area contributed by atoms with Crippen LogP contribution in [-0.2, 0) is 9.59 Å². The summed E-state index contributed by atoms with van der Waals surface area (Å²) in [6.45, 7) is 1.23. The minimum atomic E-state index is -3.16. The van der Waals surface area contributed by atoms with Gasteiger partial charge in [0.1, 0.15) is 5.66 Å². The van der Waals surface area contributed by atoms with Crippen LogP contribution in [0, 0.1) is 0 Å². The number of carbonyl (C=O) groups excluding carboxylic acids is 2. The Balaban J connectivity index is 1.54. The molecule has 31 heavy (non-hydrogen) atoms. The molecule has 2 saturated heterocycles. The zero-order chi connectivity index (χ0) is 21.4. The molecular formula is C24H29N3O3P. The van der Waals surface area contributed by atoms with Crippen LogP contribution in [0.15, 0.2) is 60.7 Å². The lowest BCUT2D eigenvalue weighted by Crippen LogP contribution is -2.44. The van der Waals surface area contributed by atoms with Crippen molar-refractivity contribution in [1.29, 1.82) is 0 Å². The van der Waals surface area contributed by atoms with Gasteiger partial charge in [0, 0.05) is 36.9 Å². The first-order valence-electron chi connectivity index (χ1n) is 11.2. The number of nitrogens with zero attached hydrogens (tertiary/aromatic N) is 3. The molecule has 1 radical (unpaired) electrons. The van der Waals surface area contributed by atoms with E-state index in [4.69, 9.17) is 0 Å². The Morgan fingerprint density at radius 2 is 1.29 bits per heavy atom. The van der Waals surface area contributed by atoms with E-state index in [1.807, 2.05) is 70.0 Å². The van der Waals surface area contributed by atoms with Gasteiger partial charge in [-0.3, -0.25) is 14.5 Å². The highest BCUT2D eigenvalue weighted by Crippen LogP contribution is 2.71. The van der Waals surface area contributed by atoms with Crippen molar-refractivity contribution >= 4 is 31.0 Å². The Hall–Kier alpha value is -2.43. The number of carbonyl (C=O) groups is 2. The SMILES string of the molecule is O=C1CC([P]2(O)N(c3ccccc3)CCN2c2ccccc2)C(=O)N1C1CCCCC1. The van der Waals surface area contributed by atoms with Crippen LogP contribution in [-0.4, -0.2) is 46.4 Å². The zero-order valence-corrected chi connectivity index (χ0v) is 18.5. The Morgan fingerprint density at radius 1 is 0.774 bits per heavy atom. The number of amides is 2. The van der Waals surface area contributed by atoms with E-state index in [9.17, 15) is 14.5 Å². The lowest BCUT2D eigenvalue weighted by atomic mass is 9.94. The molecule has 0 aromatic heterocycles. The molecule has 1 atom stereocenters. The maximum atomic E-state index is 13.7. The number of rotatable bonds is 4. The summed E-state index contributed by atoms with van der Waals surface area (Å²) < 4.78 is 4.00. The predicted octanol–water partition coefficient (Wildman–Crippen LogP) is 4.23. The molecule has 0 bridgehead atoms. The molecule has 163 valence electrons. The van der Waals surface area contributed by atoms with Crippen molar-refractivity contribution in [1.82, 2.24) is 4.90 Å². The van der Waals surface area contributed by atoms with Crippen LogP contribution in [0.2, 0.25) is 0 Å². The fraction of sp³-hybridized carbons (Fsp3) is 0.417. The monoisotopic (exact) mass is 438 g/mol. The number of anilines is 2. The maximum absolute atomic E-state index is 13.7. The first-order valence-corrected chi connectivity index (χ1v) is 13.0. The van der Waals surface area contributed by atoms with Crippen molar-refractivity contribution in [3.8, 4) is 0 Å². The summed E-state index contributed by atoms with van der Waals surface area (Å²) in [5, 5.41) is 0. The zero-order valence-electron chi connectivity index (χ0n) is 17.6. The smallest absolute Gasteiger partial charge is 0.242 e. The predicted molar refractivity (Wildman–Crippen MR) is 124 cm³/mol. The van der Waals surface area contributed by atoms with E-state index in [1.54, 1.807) is 0 Å². The molecule has 1 unspecified atom stereocenters. The first-order chi connectivity index (χ1) is 15.1. The van der Waals surface area contributed by atoms with Crippen LogP contribution >= 0.6 is 7.79 Å². The third kappa shape index (κ3) is 3.42. The second-order valence-electron chi connectivity index (χ2n) is 8.65. The highest BCUT2D eigenvalue weighted by Gasteiger charge is 2.59. The van der Waals surface area contributed by atoms with Gasteiger partial charge in [0.25, 0.3) is 0 Å². The molecule has 1 N–H and O–H groups in total. The summed E-state index contributed by atoms with van der Waals surface area (Å²) in [4.78, 5) is 40.6. The van der Waals surface area contributed by atoms with Crippen molar-refractivity contribution in [2.24, 2.45) is 0 Å². The quantitative estimate of drug-likeness (QED) is 0.572. The maximum Gasteiger partial charge on any atom is 0.242 e. The summed E-state index contributed by atoms with van der Waals surface area (Å²) in [5.74, 6) is -0.306. The molecule has 3 fully saturated rings. The average molecular weight is 438 g/mol. The van der Waals surface area contributed by atoms with Crippen LogP contribution in [0.3, 0.4) is 0 Å². The number of hydrogen-bond donors (Lipinski definition) is 1. The van der Waals surface area contributed by atoms with Gasteiger partial charge in [-0.15, -0.1) is 0 Å². The largest absolute Gasteiger partial charge is 0.345 e. The Labute approximate surface area is 184 Å². The van der Waals surface area contributed by atoms with Gasteiger partial charge in [0.15, 0.2) is 7.79 Å². The number of benzene rings is 2. The number of imide groups is 1. The van der Waals surface area contributed by atoms with Crippen LogP contribution in [0.5, 0.6) is 0 Å². The second kappa shape index (κ2) is 8.25. The van der Waals surface area contributed by atoms with E-state index in [0.29, 0.717) is 13.1 Å². The average Bonchev–Trinajstić information content (AvgIpc) is 3.32. The lowest BCUT2D eigenvalue weighted by Gasteiger charge is -2.45. The Morgan fingerprint density at radius 3 is 1.81 bits per heavy atom. The fourth-order valence-corrected chi connectivity index (χ4v) is 8.85. The summed E-state index contributed by atoms with van der Waals surface area (Å²) >= 11 is 0. The van der Waals surface area contributed by atoms with Crippen LogP contribution in [0.25, 0.3) is 0 Å². The summed E-state index contributed by atoms with van der Waals surface area (Å²) in [7, 11) is -3.16. The van der Waals surface area contributed by atoms with Gasteiger partial charge in [-0.25, -0.2) is 0 Å². The third-order valence-corrected chi connectivity index (χ3v) is 10.4. The first kappa shape index (κ1) is 20.5. The van der Waals surface area contributed by atoms with Crippen molar-refractivity contribution < 1.29 is 14.5 Å². The van der Waals surface area contributed by atoms with Gasteiger partial charge in [-0.05, 0) is 37.1 Å². The molecule has 6 nitrogen and oxygen atoms in total. The molecule has 5 rings (SSSR count). The summed E-state index contributed by atoms with van der Waals surface area (Å²) in [5.41, 5.74) is 1.08. The van der Waals surface area contributed by atoms with Gasteiger partial charge in [-0.1, -0.05) is 55.7 Å². The van der Waals surface area contributed by atoms with E-state index >= 15 is 0 Å². The minimum absolute atomic E-state index is 0.0108. The molecule has 2 aliphatic heterocycles. The molecule has 2 heterocycles. The van der Waals surface area contributed by atoms with E-state index < -0.39 is 13.4 Å².